The molecule has 0 atom stereocenters. The zero-order valence-electron chi connectivity index (χ0n) is 18.3. The van der Waals surface area contributed by atoms with E-state index in [1.54, 1.807) is 36.4 Å². The third-order valence-corrected chi connectivity index (χ3v) is 7.31. The number of hydrogen-bond donors (Lipinski definition) is 2. The lowest BCUT2D eigenvalue weighted by Crippen LogP contribution is -2.16. The van der Waals surface area contributed by atoms with Gasteiger partial charge in [-0.1, -0.05) is 60.3 Å². The van der Waals surface area contributed by atoms with Gasteiger partial charge >= 0.3 is 0 Å². The number of amides is 1. The average Bonchev–Trinajstić information content (AvgIpc) is 2.86. The maximum atomic E-state index is 13.2. The molecule has 4 rings (SSSR count). The highest BCUT2D eigenvalue weighted by Crippen LogP contribution is 2.35. The van der Waals surface area contributed by atoms with Gasteiger partial charge in [-0.3, -0.25) is 9.52 Å². The topological polar surface area (TPSA) is 84.5 Å². The molecular weight excluding hydrogens is 468 g/mol. The summed E-state index contributed by atoms with van der Waals surface area (Å²) >= 11 is 1.46. The lowest BCUT2D eigenvalue weighted by atomic mass is 10.2. The van der Waals surface area contributed by atoms with Crippen LogP contribution in [0.2, 0.25) is 0 Å². The van der Waals surface area contributed by atoms with E-state index < -0.39 is 10.0 Å². The largest absolute Gasteiger partial charge is 0.495 e. The van der Waals surface area contributed by atoms with Crippen LogP contribution in [0.4, 0.5) is 11.4 Å². The number of hydrogen-bond acceptors (Lipinski definition) is 5. The monoisotopic (exact) mass is 490 g/mol. The zero-order chi connectivity index (χ0) is 24.0. The molecule has 0 saturated carbocycles. The Morgan fingerprint density at radius 3 is 2.15 bits per heavy atom. The molecule has 4 aromatic rings. The molecule has 1 amide bonds. The van der Waals surface area contributed by atoms with Crippen molar-refractivity contribution < 1.29 is 17.9 Å². The Balaban J connectivity index is 1.61. The van der Waals surface area contributed by atoms with Gasteiger partial charge in [0, 0.05) is 15.4 Å². The van der Waals surface area contributed by atoms with Crippen molar-refractivity contribution in [3.8, 4) is 5.75 Å². The van der Waals surface area contributed by atoms with E-state index in [1.807, 2.05) is 48.5 Å². The Bertz CT molecular complexity index is 1390. The molecule has 0 heterocycles. The molecule has 4 aromatic carbocycles. The quantitative estimate of drug-likeness (QED) is 0.321. The van der Waals surface area contributed by atoms with Crippen molar-refractivity contribution in [1.29, 1.82) is 0 Å². The number of carbonyl (C=O) groups excluding carboxylic acids is 1. The number of rotatable bonds is 8. The Morgan fingerprint density at radius 2 is 1.44 bits per heavy atom. The van der Waals surface area contributed by atoms with E-state index >= 15 is 0 Å². The number of anilines is 2. The van der Waals surface area contributed by atoms with Crippen LogP contribution in [-0.2, 0) is 10.0 Å². The van der Waals surface area contributed by atoms with Gasteiger partial charge in [-0.05, 0) is 54.6 Å². The van der Waals surface area contributed by atoms with Gasteiger partial charge in [-0.2, -0.15) is 0 Å². The summed E-state index contributed by atoms with van der Waals surface area (Å²) in [7, 11) is -2.49. The molecule has 0 spiro atoms. The minimum absolute atomic E-state index is 0.00354. The van der Waals surface area contributed by atoms with E-state index in [1.165, 1.54) is 37.1 Å². The van der Waals surface area contributed by atoms with Crippen molar-refractivity contribution in [2.45, 2.75) is 14.7 Å². The summed E-state index contributed by atoms with van der Waals surface area (Å²) < 4.78 is 34.5. The van der Waals surface area contributed by atoms with Crippen molar-refractivity contribution in [2.75, 3.05) is 17.1 Å². The van der Waals surface area contributed by atoms with Crippen molar-refractivity contribution in [2.24, 2.45) is 0 Å². The van der Waals surface area contributed by atoms with Crippen LogP contribution < -0.4 is 14.8 Å². The summed E-state index contributed by atoms with van der Waals surface area (Å²) in [5.74, 6) is -0.0192. The Morgan fingerprint density at radius 1 is 0.794 bits per heavy atom. The fourth-order valence-electron chi connectivity index (χ4n) is 3.20. The summed E-state index contributed by atoms with van der Waals surface area (Å²) in [6.45, 7) is 0. The van der Waals surface area contributed by atoms with E-state index in [4.69, 9.17) is 4.74 Å². The third-order valence-electron chi connectivity index (χ3n) is 4.87. The molecule has 172 valence electrons. The summed E-state index contributed by atoms with van der Waals surface area (Å²) in [6, 6.07) is 29.9. The molecule has 0 saturated heterocycles. The SMILES string of the molecule is COc1ccc(S(=O)(=O)Nc2ccccc2Sc2ccccc2)cc1NC(=O)c1ccccc1. The Hall–Kier alpha value is -3.75. The molecule has 0 bridgehead atoms. The number of carbonyl (C=O) groups is 1. The normalized spacial score (nSPS) is 11.0. The number of sulfonamides is 1. The van der Waals surface area contributed by atoms with Crippen LogP contribution in [0, 0.1) is 0 Å². The number of nitrogens with one attached hydrogen (secondary N) is 2. The first-order chi connectivity index (χ1) is 16.5. The minimum Gasteiger partial charge on any atom is -0.495 e. The molecule has 0 aliphatic heterocycles. The van der Waals surface area contributed by atoms with Crippen molar-refractivity contribution in [3.63, 3.8) is 0 Å². The Labute approximate surface area is 203 Å². The van der Waals surface area contributed by atoms with Gasteiger partial charge in [0.2, 0.25) is 0 Å². The lowest BCUT2D eigenvalue weighted by molar-refractivity contribution is 0.102. The van der Waals surface area contributed by atoms with Gasteiger partial charge in [0.05, 0.1) is 23.4 Å². The smallest absolute Gasteiger partial charge is 0.262 e. The average molecular weight is 491 g/mol. The van der Waals surface area contributed by atoms with E-state index in [0.29, 0.717) is 17.0 Å². The number of methoxy groups -OCH3 is 1. The first-order valence-electron chi connectivity index (χ1n) is 10.4. The fourth-order valence-corrected chi connectivity index (χ4v) is 5.29. The van der Waals surface area contributed by atoms with Crippen molar-refractivity contribution >= 4 is 39.1 Å². The minimum atomic E-state index is -3.95. The molecular formula is C26H22N2O4S2. The van der Waals surface area contributed by atoms with Crippen LogP contribution in [0.1, 0.15) is 10.4 Å². The molecule has 2 N–H and O–H groups in total. The van der Waals surface area contributed by atoms with Crippen LogP contribution in [0.25, 0.3) is 0 Å². The van der Waals surface area contributed by atoms with Gasteiger partial charge in [-0.15, -0.1) is 0 Å². The second kappa shape index (κ2) is 10.5. The van der Waals surface area contributed by atoms with Gasteiger partial charge in [0.15, 0.2) is 0 Å². The van der Waals surface area contributed by atoms with E-state index in [2.05, 4.69) is 10.0 Å². The van der Waals surface area contributed by atoms with Crippen LogP contribution in [0.3, 0.4) is 0 Å². The molecule has 0 aliphatic rings. The van der Waals surface area contributed by atoms with Crippen molar-refractivity contribution in [3.05, 3.63) is 109 Å². The number of para-hydroxylation sites is 1. The maximum Gasteiger partial charge on any atom is 0.262 e. The van der Waals surface area contributed by atoms with Gasteiger partial charge in [0.25, 0.3) is 15.9 Å². The van der Waals surface area contributed by atoms with Gasteiger partial charge < -0.3 is 10.1 Å². The molecule has 8 heteroatoms. The summed E-state index contributed by atoms with van der Waals surface area (Å²) in [4.78, 5) is 14.4. The van der Waals surface area contributed by atoms with Crippen LogP contribution in [0.15, 0.2) is 118 Å². The predicted octanol–water partition coefficient (Wildman–Crippen LogP) is 5.90. The lowest BCUT2D eigenvalue weighted by Gasteiger charge is -2.15. The van der Waals surface area contributed by atoms with Gasteiger partial charge in [-0.25, -0.2) is 8.42 Å². The van der Waals surface area contributed by atoms with E-state index in [0.717, 1.165) is 9.79 Å². The molecule has 0 radical (unpaired) electrons. The van der Waals surface area contributed by atoms with Crippen LogP contribution in [0.5, 0.6) is 5.75 Å². The molecule has 6 nitrogen and oxygen atoms in total. The second-order valence-electron chi connectivity index (χ2n) is 7.20. The Kier molecular flexibility index (Phi) is 7.20. The highest BCUT2D eigenvalue weighted by atomic mass is 32.2. The highest BCUT2D eigenvalue weighted by molar-refractivity contribution is 7.99. The van der Waals surface area contributed by atoms with E-state index in [9.17, 15) is 13.2 Å². The van der Waals surface area contributed by atoms with Gasteiger partial charge in [0.1, 0.15) is 5.75 Å². The number of ether oxygens (including phenoxy) is 1. The summed E-state index contributed by atoms with van der Waals surface area (Å²) in [6.07, 6.45) is 0. The zero-order valence-corrected chi connectivity index (χ0v) is 19.9. The first-order valence-corrected chi connectivity index (χ1v) is 12.7. The molecule has 34 heavy (non-hydrogen) atoms. The molecule has 0 aliphatic carbocycles. The summed E-state index contributed by atoms with van der Waals surface area (Å²) in [5.41, 5.74) is 1.16. The predicted molar refractivity (Wildman–Crippen MR) is 135 cm³/mol. The molecule has 0 unspecified atom stereocenters. The third kappa shape index (κ3) is 5.59. The second-order valence-corrected chi connectivity index (χ2v) is 10.00. The summed E-state index contributed by atoms with van der Waals surface area (Å²) in [5, 5.41) is 2.74. The van der Waals surface area contributed by atoms with Crippen LogP contribution >= 0.6 is 11.8 Å². The fraction of sp³-hybridized carbons (Fsp3) is 0.0385. The number of benzene rings is 4. The first kappa shape index (κ1) is 23.4. The highest BCUT2D eigenvalue weighted by Gasteiger charge is 2.20. The standard InChI is InChI=1S/C26H22N2O4S2/c1-32-24-17-16-21(18-23(24)27-26(29)19-10-4-2-5-11-19)34(30,31)28-22-14-8-9-15-25(22)33-20-12-6-3-7-13-20/h2-18,28H,1H3,(H,27,29). The molecule has 0 aromatic heterocycles. The van der Waals surface area contributed by atoms with Crippen molar-refractivity contribution in [1.82, 2.24) is 0 Å². The molecule has 0 fully saturated rings. The van der Waals surface area contributed by atoms with Crippen LogP contribution in [-0.4, -0.2) is 21.4 Å². The van der Waals surface area contributed by atoms with E-state index in [-0.39, 0.29) is 16.5 Å². The maximum absolute atomic E-state index is 13.2.